The van der Waals surface area contributed by atoms with Gasteiger partial charge in [-0.3, -0.25) is 10.2 Å². The van der Waals surface area contributed by atoms with E-state index in [9.17, 15) is 27.9 Å². The van der Waals surface area contributed by atoms with E-state index in [1.54, 1.807) is 30.3 Å². The van der Waals surface area contributed by atoms with Crippen LogP contribution in [0.1, 0.15) is 38.0 Å². The van der Waals surface area contributed by atoms with Crippen LogP contribution >= 0.6 is 0 Å². The van der Waals surface area contributed by atoms with E-state index >= 15 is 0 Å². The lowest BCUT2D eigenvalue weighted by Gasteiger charge is -2.22. The lowest BCUT2D eigenvalue weighted by Crippen LogP contribution is -2.32. The van der Waals surface area contributed by atoms with Gasteiger partial charge in [-0.1, -0.05) is 36.4 Å². The van der Waals surface area contributed by atoms with Gasteiger partial charge in [0, 0.05) is 12.1 Å². The number of carbonyl (C=O) groups is 3. The molecule has 14 heteroatoms. The highest BCUT2D eigenvalue weighted by atomic mass is 19.4. The van der Waals surface area contributed by atoms with E-state index < -0.39 is 24.3 Å². The summed E-state index contributed by atoms with van der Waals surface area (Å²) in [7, 11) is 0. The summed E-state index contributed by atoms with van der Waals surface area (Å²) in [5, 5.41) is 26.6. The van der Waals surface area contributed by atoms with Gasteiger partial charge in [-0.25, -0.2) is 14.5 Å². The number of hydrogen-bond donors (Lipinski definition) is 4. The van der Waals surface area contributed by atoms with Crippen molar-refractivity contribution in [1.29, 1.82) is 5.41 Å². The van der Waals surface area contributed by atoms with Gasteiger partial charge in [0.05, 0.1) is 24.7 Å². The van der Waals surface area contributed by atoms with Crippen molar-refractivity contribution in [2.45, 2.75) is 45.7 Å². The molecule has 0 aliphatic rings. The summed E-state index contributed by atoms with van der Waals surface area (Å²) in [6.45, 7) is 6.43. The van der Waals surface area contributed by atoms with Gasteiger partial charge < -0.3 is 29.7 Å². The van der Waals surface area contributed by atoms with Crippen molar-refractivity contribution >= 4 is 30.0 Å². The van der Waals surface area contributed by atoms with E-state index in [2.05, 4.69) is 5.32 Å². The normalized spacial score (nSPS) is 11.3. The average Bonchev–Trinajstić information content (AvgIpc) is 2.97. The molecule has 0 spiro atoms. The molecular weight excluding hydrogens is 587 g/mol. The van der Waals surface area contributed by atoms with Crippen molar-refractivity contribution in [3.63, 3.8) is 0 Å². The fraction of sp³-hybridized carbons (Fsp3) is 0.267. The quantitative estimate of drug-likeness (QED) is 0.141. The third-order valence-corrected chi connectivity index (χ3v) is 5.43. The standard InChI is InChI=1S/C28H31N3O6.C2HF3O2/c1-4-35-25-16-21(10-15-24(25)36-19(2)3)26(27(32)30-17-20-8-6-5-7-9-20)37-23-13-11-22(12-14-23)31(18-29)28(33)34;3-2(4,5)1(6)7/h5-16,18-19,26,29H,4,17H2,1-3H3,(H,30,32)(H,33,34);(H,6,7). The van der Waals surface area contributed by atoms with Crippen molar-refractivity contribution in [2.75, 3.05) is 11.5 Å². The Kier molecular flexibility index (Phi) is 13.0. The summed E-state index contributed by atoms with van der Waals surface area (Å²) >= 11 is 0. The maximum atomic E-state index is 13.3. The molecule has 11 nitrogen and oxygen atoms in total. The number of halogens is 3. The van der Waals surface area contributed by atoms with Gasteiger partial charge in [-0.2, -0.15) is 13.2 Å². The summed E-state index contributed by atoms with van der Waals surface area (Å²) in [4.78, 5) is 34.3. The number of carboxylic acids is 1. The van der Waals surface area contributed by atoms with Crippen LogP contribution in [0.3, 0.4) is 0 Å². The largest absolute Gasteiger partial charge is 0.490 e. The third kappa shape index (κ3) is 10.9. The van der Waals surface area contributed by atoms with Crippen LogP contribution in [-0.4, -0.2) is 53.4 Å². The maximum absolute atomic E-state index is 13.3. The molecule has 44 heavy (non-hydrogen) atoms. The zero-order chi connectivity index (χ0) is 32.9. The number of ether oxygens (including phenoxy) is 3. The molecule has 0 saturated heterocycles. The van der Waals surface area contributed by atoms with Crippen molar-refractivity contribution in [3.8, 4) is 17.2 Å². The predicted molar refractivity (Wildman–Crippen MR) is 154 cm³/mol. The molecule has 1 atom stereocenters. The number of rotatable bonds is 12. The fourth-order valence-electron chi connectivity index (χ4n) is 3.52. The molecule has 1 unspecified atom stereocenters. The summed E-state index contributed by atoms with van der Waals surface area (Å²) in [6, 6.07) is 20.8. The number of nitrogens with one attached hydrogen (secondary N) is 2. The average molecular weight is 620 g/mol. The summed E-state index contributed by atoms with van der Waals surface area (Å²) in [5.41, 5.74) is 1.77. The predicted octanol–water partition coefficient (Wildman–Crippen LogP) is 6.03. The number of alkyl halides is 3. The zero-order valence-corrected chi connectivity index (χ0v) is 24.0. The first-order chi connectivity index (χ1) is 20.8. The van der Waals surface area contributed by atoms with E-state index in [4.69, 9.17) is 29.5 Å². The van der Waals surface area contributed by atoms with Gasteiger partial charge >= 0.3 is 18.2 Å². The van der Waals surface area contributed by atoms with E-state index in [-0.39, 0.29) is 17.7 Å². The van der Waals surface area contributed by atoms with Crippen LogP contribution in [-0.2, 0) is 16.1 Å². The van der Waals surface area contributed by atoms with Crippen molar-refractivity contribution in [2.24, 2.45) is 0 Å². The SMILES string of the molecule is CCOc1cc(C(Oc2ccc(N(C=N)C(=O)O)cc2)C(=O)NCc2ccccc2)ccc1OC(C)C.O=C(O)C(F)(F)F. The van der Waals surface area contributed by atoms with E-state index in [1.165, 1.54) is 12.1 Å². The number of nitrogens with zero attached hydrogens (tertiary/aromatic N) is 1. The monoisotopic (exact) mass is 619 g/mol. The third-order valence-electron chi connectivity index (χ3n) is 5.43. The molecule has 236 valence electrons. The minimum absolute atomic E-state index is 0.0591. The van der Waals surface area contributed by atoms with Crippen LogP contribution in [0, 0.1) is 5.41 Å². The van der Waals surface area contributed by atoms with Crippen LogP contribution in [0.5, 0.6) is 17.2 Å². The molecule has 0 aliphatic heterocycles. The highest BCUT2D eigenvalue weighted by molar-refractivity contribution is 6.03. The van der Waals surface area contributed by atoms with Gasteiger partial charge in [0.2, 0.25) is 6.10 Å². The van der Waals surface area contributed by atoms with Crippen molar-refractivity contribution < 1.29 is 52.0 Å². The summed E-state index contributed by atoms with van der Waals surface area (Å²) < 4.78 is 49.5. The lowest BCUT2D eigenvalue weighted by atomic mass is 10.1. The number of hydrogen-bond acceptors (Lipinski definition) is 7. The highest BCUT2D eigenvalue weighted by Gasteiger charge is 2.38. The number of carboxylic acid groups (broad SMARTS) is 2. The number of benzene rings is 3. The topological polar surface area (TPSA) is 158 Å². The Bertz CT molecular complexity index is 1400. The molecule has 3 aromatic rings. The second-order valence-corrected chi connectivity index (χ2v) is 9.09. The molecule has 0 saturated carbocycles. The van der Waals surface area contributed by atoms with E-state index in [0.29, 0.717) is 42.3 Å². The van der Waals surface area contributed by atoms with Gasteiger partial charge in [-0.05, 0) is 62.7 Å². The minimum atomic E-state index is -5.08. The Labute approximate surface area is 251 Å². The Hall–Kier alpha value is -5.27. The maximum Gasteiger partial charge on any atom is 0.490 e. The Balaban J connectivity index is 0.000000860. The molecule has 0 bridgehead atoms. The molecule has 0 radical (unpaired) electrons. The first kappa shape index (κ1) is 34.9. The van der Waals surface area contributed by atoms with Crippen LogP contribution in [0.15, 0.2) is 72.8 Å². The summed E-state index contributed by atoms with van der Waals surface area (Å²) in [6.07, 6.45) is -6.75. The second-order valence-electron chi connectivity index (χ2n) is 9.09. The molecule has 0 heterocycles. The van der Waals surface area contributed by atoms with Crippen LogP contribution < -0.4 is 24.4 Å². The first-order valence-electron chi connectivity index (χ1n) is 13.1. The number of amides is 2. The molecule has 3 aromatic carbocycles. The zero-order valence-electron chi connectivity index (χ0n) is 24.0. The first-order valence-corrected chi connectivity index (χ1v) is 13.1. The van der Waals surface area contributed by atoms with Crippen molar-refractivity contribution in [3.05, 3.63) is 83.9 Å². The molecule has 0 aromatic heterocycles. The van der Waals surface area contributed by atoms with Crippen LogP contribution in [0.25, 0.3) is 0 Å². The molecule has 3 rings (SSSR count). The highest BCUT2D eigenvalue weighted by Crippen LogP contribution is 2.33. The van der Waals surface area contributed by atoms with Gasteiger partial charge in [-0.15, -0.1) is 0 Å². The number of anilines is 1. The number of carbonyl (C=O) groups excluding carboxylic acids is 1. The molecule has 0 aliphatic carbocycles. The van der Waals surface area contributed by atoms with E-state index in [0.717, 1.165) is 10.5 Å². The smallest absolute Gasteiger partial charge is 0.490 e. The molecule has 4 N–H and O–H groups in total. The second kappa shape index (κ2) is 16.4. The Morgan fingerprint density at radius 3 is 2.07 bits per heavy atom. The van der Waals surface area contributed by atoms with E-state index in [1.807, 2.05) is 51.1 Å². The molecule has 0 fully saturated rings. The molecule has 2 amide bonds. The van der Waals surface area contributed by atoms with Gasteiger partial charge in [0.1, 0.15) is 5.75 Å². The fourth-order valence-corrected chi connectivity index (χ4v) is 3.52. The molecular formula is C30H32F3N3O8. The van der Waals surface area contributed by atoms with Crippen molar-refractivity contribution in [1.82, 2.24) is 5.32 Å². The van der Waals surface area contributed by atoms with Crippen LogP contribution in [0.4, 0.5) is 23.7 Å². The van der Waals surface area contributed by atoms with Gasteiger partial charge in [0.15, 0.2) is 11.5 Å². The van der Waals surface area contributed by atoms with Crippen LogP contribution in [0.2, 0.25) is 0 Å². The Morgan fingerprint density at radius 2 is 1.57 bits per heavy atom. The number of aliphatic carboxylic acids is 1. The van der Waals surface area contributed by atoms with Gasteiger partial charge in [0.25, 0.3) is 5.91 Å². The Morgan fingerprint density at radius 1 is 0.955 bits per heavy atom. The summed E-state index contributed by atoms with van der Waals surface area (Å²) in [5.74, 6) is -1.71. The minimum Gasteiger partial charge on any atom is -0.490 e. The lowest BCUT2D eigenvalue weighted by molar-refractivity contribution is -0.192.